The summed E-state index contributed by atoms with van der Waals surface area (Å²) in [6.45, 7) is 6.56. The molecule has 6 N–H and O–H groups in total. The third-order valence-corrected chi connectivity index (χ3v) is 11.8. The molecule has 1 fully saturated rings. The Balaban J connectivity index is 0.825. The fourth-order valence-electron chi connectivity index (χ4n) is 8.15. The number of aryl methyl sites for hydroxylation is 1. The number of aromatic nitrogens is 1. The van der Waals surface area contributed by atoms with Crippen LogP contribution in [0.5, 0.6) is 5.75 Å². The third-order valence-electron chi connectivity index (χ3n) is 11.8. The second kappa shape index (κ2) is 21.0. The number of amides is 3. The highest BCUT2D eigenvalue weighted by Crippen LogP contribution is 2.30. The van der Waals surface area contributed by atoms with Crippen LogP contribution in [0, 0.1) is 6.92 Å². The van der Waals surface area contributed by atoms with E-state index in [0.29, 0.717) is 85.3 Å². The number of nitrogens with one attached hydrogen (secondary N) is 4. The number of carbonyl (C=O) groups excluding carboxylic acids is 3. The zero-order valence-electron chi connectivity index (χ0n) is 36.5. The van der Waals surface area contributed by atoms with Gasteiger partial charge in [-0.15, -0.1) is 0 Å². The first-order valence-corrected chi connectivity index (χ1v) is 21.8. The van der Waals surface area contributed by atoms with Crippen molar-refractivity contribution < 1.29 is 29.3 Å². The molecule has 1 aliphatic rings. The predicted molar refractivity (Wildman–Crippen MR) is 251 cm³/mol. The van der Waals surface area contributed by atoms with Crippen LogP contribution >= 0.6 is 0 Å². The van der Waals surface area contributed by atoms with Crippen LogP contribution in [0.15, 0.2) is 126 Å². The van der Waals surface area contributed by atoms with Gasteiger partial charge in [0.05, 0.1) is 17.3 Å². The summed E-state index contributed by atoms with van der Waals surface area (Å²) in [4.78, 5) is 57.8. The fourth-order valence-corrected chi connectivity index (χ4v) is 8.15. The van der Waals surface area contributed by atoms with E-state index in [9.17, 15) is 29.4 Å². The summed E-state index contributed by atoms with van der Waals surface area (Å²) in [5, 5.41) is 31.0. The second-order valence-electron chi connectivity index (χ2n) is 16.5. The first kappa shape index (κ1) is 45.2. The molecule has 13 heteroatoms. The number of phenols is 1. The van der Waals surface area contributed by atoms with Gasteiger partial charge in [0.2, 0.25) is 11.5 Å². The average Bonchev–Trinajstić information content (AvgIpc) is 3.30. The van der Waals surface area contributed by atoms with E-state index in [1.54, 1.807) is 36.2 Å². The highest BCUT2D eigenvalue weighted by Gasteiger charge is 2.24. The van der Waals surface area contributed by atoms with Gasteiger partial charge in [0, 0.05) is 80.5 Å². The summed E-state index contributed by atoms with van der Waals surface area (Å²) < 4.78 is 5.79. The summed E-state index contributed by atoms with van der Waals surface area (Å²) in [5.41, 5.74) is 7.25. The van der Waals surface area contributed by atoms with E-state index in [-0.39, 0.29) is 41.8 Å². The number of benzene rings is 5. The lowest BCUT2D eigenvalue weighted by Gasteiger charge is -2.32. The van der Waals surface area contributed by atoms with E-state index in [4.69, 9.17) is 4.74 Å². The number of rotatable bonds is 16. The van der Waals surface area contributed by atoms with Gasteiger partial charge in [-0.2, -0.15) is 0 Å². The number of piperidine rings is 1. The molecule has 1 saturated heterocycles. The van der Waals surface area contributed by atoms with E-state index in [0.717, 1.165) is 27.8 Å². The number of fused-ring (bicyclic) bond motifs is 1. The Hall–Kier alpha value is -6.80. The molecule has 0 radical (unpaired) electrons. The molecule has 1 aromatic heterocycles. The number of hydrogen-bond donors (Lipinski definition) is 6. The van der Waals surface area contributed by atoms with Gasteiger partial charge in [-0.25, -0.2) is 4.79 Å². The number of hydrogen-bond acceptors (Lipinski definition) is 9. The molecule has 0 aliphatic carbocycles. The number of phenolic OH excluding ortho intramolecular Hbond substituents is 1. The van der Waals surface area contributed by atoms with Crippen molar-refractivity contribution in [2.75, 3.05) is 43.4 Å². The van der Waals surface area contributed by atoms with Crippen LogP contribution in [-0.2, 0) is 22.5 Å². The van der Waals surface area contributed by atoms with E-state index in [1.807, 2.05) is 98.8 Å². The van der Waals surface area contributed by atoms with Crippen LogP contribution in [0.2, 0.25) is 0 Å². The van der Waals surface area contributed by atoms with Gasteiger partial charge in [-0.3, -0.25) is 19.7 Å². The first-order valence-electron chi connectivity index (χ1n) is 21.8. The zero-order valence-corrected chi connectivity index (χ0v) is 36.5. The van der Waals surface area contributed by atoms with Crippen LogP contribution in [0.1, 0.15) is 64.9 Å². The number of aromatic hydroxyl groups is 1. The minimum Gasteiger partial charge on any atom is -0.506 e. The lowest BCUT2D eigenvalue weighted by molar-refractivity contribution is -0.118. The van der Waals surface area contributed by atoms with Crippen LogP contribution < -0.4 is 26.4 Å². The number of H-pyrrole nitrogens is 1. The highest BCUT2D eigenvalue weighted by molar-refractivity contribution is 5.98. The first-order chi connectivity index (χ1) is 30.9. The topological polar surface area (TPSA) is 176 Å². The molecular formula is C51H56N6O7. The lowest BCUT2D eigenvalue weighted by Crippen LogP contribution is -2.40. The molecule has 6 aromatic rings. The van der Waals surface area contributed by atoms with Crippen LogP contribution in [-0.4, -0.2) is 83.4 Å². The van der Waals surface area contributed by atoms with Gasteiger partial charge in [0.1, 0.15) is 11.9 Å². The van der Waals surface area contributed by atoms with Gasteiger partial charge >= 0.3 is 6.09 Å². The number of aliphatic hydroxyl groups excluding tert-OH is 1. The molecule has 1 aliphatic heterocycles. The normalized spacial score (nSPS) is 14.1. The number of pyridine rings is 1. The highest BCUT2D eigenvalue weighted by atomic mass is 16.6. The van der Waals surface area contributed by atoms with Crippen molar-refractivity contribution in [3.05, 3.63) is 159 Å². The van der Waals surface area contributed by atoms with Crippen LogP contribution in [0.4, 0.5) is 16.2 Å². The van der Waals surface area contributed by atoms with Crippen molar-refractivity contribution in [1.29, 1.82) is 0 Å². The number of carbonyl (C=O) groups is 3. The van der Waals surface area contributed by atoms with Gasteiger partial charge in [0.25, 0.3) is 5.91 Å². The van der Waals surface area contributed by atoms with Crippen molar-refractivity contribution in [3.63, 3.8) is 0 Å². The maximum absolute atomic E-state index is 13.4. The fraction of sp³-hybridized carbons (Fsp3) is 0.294. The second-order valence-corrected chi connectivity index (χ2v) is 16.5. The number of aromatic amines is 1. The van der Waals surface area contributed by atoms with Crippen molar-refractivity contribution in [2.24, 2.45) is 0 Å². The maximum atomic E-state index is 13.4. The molecule has 3 amide bonds. The molecule has 13 nitrogen and oxygen atoms in total. The molecule has 0 spiro atoms. The number of likely N-dealkylation sites (tertiary alicyclic amines) is 1. The standard InChI is InChI=1S/C51H56N6O7/c1-33-13-18-38(50(62)53-31-36-16-14-35(15-17-36)29-34(2)52-32-46(59)41-19-21-45(58)49-42(41)20-22-47(60)55-49)30-44(33)56(3)48(61)25-28-57-26-23-39(24-27-57)64-51(63)54-43-12-8-7-11-40(43)37-9-5-4-6-10-37/h4-22,30,34,39,46,52,58-59H,23-29,31-32H2,1-3H3,(H,53,62)(H,54,63)(H,55,60)/t34?,46-/m0/s1. The van der Waals surface area contributed by atoms with E-state index >= 15 is 0 Å². The Labute approximate surface area is 373 Å². The SMILES string of the molecule is Cc1ccc(C(=O)NCc2ccc(CC(C)NC[C@H](O)c3ccc(O)c4[nH]c(=O)ccc34)cc2)cc1N(C)C(=O)CCN1CCC(OC(=O)Nc2ccccc2-c2ccccc2)CC1. The van der Waals surface area contributed by atoms with Crippen LogP contribution in [0.25, 0.3) is 22.0 Å². The van der Waals surface area contributed by atoms with Crippen molar-refractivity contribution in [1.82, 2.24) is 20.5 Å². The monoisotopic (exact) mass is 864 g/mol. The van der Waals surface area contributed by atoms with E-state index in [2.05, 4.69) is 25.8 Å². The van der Waals surface area contributed by atoms with Gasteiger partial charge in [-0.05, 0) is 91.3 Å². The summed E-state index contributed by atoms with van der Waals surface area (Å²) >= 11 is 0. The molecule has 7 rings (SSSR count). The molecular weight excluding hydrogens is 809 g/mol. The molecule has 2 heterocycles. The van der Waals surface area contributed by atoms with Gasteiger partial charge < -0.3 is 40.4 Å². The number of aliphatic hydroxyl groups is 1. The smallest absolute Gasteiger partial charge is 0.411 e. The summed E-state index contributed by atoms with van der Waals surface area (Å²) in [6, 6.07) is 37.1. The molecule has 0 bridgehead atoms. The summed E-state index contributed by atoms with van der Waals surface area (Å²) in [5.74, 6) is -0.347. The minimum atomic E-state index is -0.853. The zero-order chi connectivity index (χ0) is 45.2. The molecule has 1 unspecified atom stereocenters. The molecule has 0 saturated carbocycles. The maximum Gasteiger partial charge on any atom is 0.411 e. The van der Waals surface area contributed by atoms with Crippen molar-refractivity contribution >= 4 is 40.2 Å². The Kier molecular flexibility index (Phi) is 14.9. The minimum absolute atomic E-state index is 0.0404. The Bertz CT molecular complexity index is 2630. The number of anilines is 2. The quantitative estimate of drug-likeness (QED) is 0.0577. The molecule has 5 aromatic carbocycles. The number of para-hydroxylation sites is 1. The predicted octanol–water partition coefficient (Wildman–Crippen LogP) is 7.46. The summed E-state index contributed by atoms with van der Waals surface area (Å²) in [6.07, 6.45) is 0.827. The van der Waals surface area contributed by atoms with Crippen molar-refractivity contribution in [2.45, 2.75) is 64.3 Å². The Morgan fingerprint density at radius 3 is 2.38 bits per heavy atom. The average molecular weight is 865 g/mol. The molecule has 64 heavy (non-hydrogen) atoms. The van der Waals surface area contributed by atoms with Crippen LogP contribution in [0.3, 0.4) is 0 Å². The van der Waals surface area contributed by atoms with Gasteiger partial charge in [-0.1, -0.05) is 84.9 Å². The lowest BCUT2D eigenvalue weighted by atomic mass is 10.0. The molecule has 2 atom stereocenters. The summed E-state index contributed by atoms with van der Waals surface area (Å²) in [7, 11) is 1.74. The van der Waals surface area contributed by atoms with Crippen molar-refractivity contribution in [3.8, 4) is 16.9 Å². The largest absolute Gasteiger partial charge is 0.506 e. The Morgan fingerprint density at radius 1 is 0.891 bits per heavy atom. The number of ether oxygens (including phenoxy) is 1. The third kappa shape index (κ3) is 11.6. The molecule has 332 valence electrons. The van der Waals surface area contributed by atoms with E-state index < -0.39 is 12.2 Å². The van der Waals surface area contributed by atoms with Gasteiger partial charge in [0.15, 0.2) is 0 Å². The number of nitrogens with zero attached hydrogens (tertiary/aromatic N) is 2. The van der Waals surface area contributed by atoms with E-state index in [1.165, 1.54) is 12.1 Å². The Morgan fingerprint density at radius 2 is 1.61 bits per heavy atom.